The molecule has 0 spiro atoms. The number of nitrogens with zero attached hydrogens (tertiary/aromatic N) is 7. The molecule has 0 saturated carbocycles. The summed E-state index contributed by atoms with van der Waals surface area (Å²) in [5, 5.41) is 25.4. The van der Waals surface area contributed by atoms with Crippen molar-refractivity contribution in [3.05, 3.63) is 52.3 Å². The van der Waals surface area contributed by atoms with E-state index < -0.39 is 23.6 Å². The molecule has 2 aliphatic rings. The van der Waals surface area contributed by atoms with Gasteiger partial charge in [0, 0.05) is 80.4 Å². The van der Waals surface area contributed by atoms with Crippen molar-refractivity contribution in [1.82, 2.24) is 28.6 Å². The molecule has 2 N–H and O–H groups in total. The topological polar surface area (TPSA) is 114 Å². The van der Waals surface area contributed by atoms with Crippen molar-refractivity contribution in [1.29, 1.82) is 5.26 Å². The van der Waals surface area contributed by atoms with Gasteiger partial charge in [-0.05, 0) is 49.1 Å². The number of piperazine rings is 1. The Balaban J connectivity index is 1.10. The fourth-order valence-electron chi connectivity index (χ4n) is 6.78. The van der Waals surface area contributed by atoms with Crippen LogP contribution in [0.4, 0.5) is 19.0 Å². The third-order valence-corrected chi connectivity index (χ3v) is 11.6. The Morgan fingerprint density at radius 2 is 1.87 bits per heavy atom. The second kappa shape index (κ2) is 14.2. The van der Waals surface area contributed by atoms with Gasteiger partial charge in [0.05, 0.1) is 35.4 Å². The van der Waals surface area contributed by atoms with Crippen LogP contribution >= 0.6 is 11.3 Å². The summed E-state index contributed by atoms with van der Waals surface area (Å²) in [6.45, 7) is 7.81. The van der Waals surface area contributed by atoms with E-state index in [1.54, 1.807) is 12.3 Å². The van der Waals surface area contributed by atoms with Crippen LogP contribution in [0.2, 0.25) is 0 Å². The minimum Gasteiger partial charge on any atom is -0.395 e. The molecular weight excluding hydrogens is 650 g/mol. The van der Waals surface area contributed by atoms with Crippen LogP contribution in [0.3, 0.4) is 0 Å². The zero-order valence-electron chi connectivity index (χ0n) is 26.5. The zero-order valence-corrected chi connectivity index (χ0v) is 28.1. The summed E-state index contributed by atoms with van der Waals surface area (Å²) in [4.78, 5) is 13.9. The largest absolute Gasteiger partial charge is 0.395 e. The Labute approximate surface area is 278 Å². The molecule has 0 aliphatic carbocycles. The number of piperidine rings is 1. The number of nitrogens with one attached hydrogen (secondary N) is 1. The number of anilines is 1. The summed E-state index contributed by atoms with van der Waals surface area (Å²) in [6, 6.07) is 10.1. The van der Waals surface area contributed by atoms with Gasteiger partial charge in [-0.2, -0.15) is 18.4 Å². The van der Waals surface area contributed by atoms with Crippen molar-refractivity contribution in [2.24, 2.45) is 0 Å². The highest BCUT2D eigenvalue weighted by Crippen LogP contribution is 2.33. The highest BCUT2D eigenvalue weighted by molar-refractivity contribution is 7.81. The van der Waals surface area contributed by atoms with E-state index in [0.717, 1.165) is 60.3 Å². The Morgan fingerprint density at radius 3 is 2.53 bits per heavy atom. The second-order valence-corrected chi connectivity index (χ2v) is 14.9. The molecule has 5 heterocycles. The summed E-state index contributed by atoms with van der Waals surface area (Å²) < 4.78 is 54.6. The molecule has 10 nitrogen and oxygen atoms in total. The van der Waals surface area contributed by atoms with Crippen molar-refractivity contribution in [2.45, 2.75) is 57.5 Å². The lowest BCUT2D eigenvalue weighted by molar-refractivity contribution is -0.126. The molecule has 2 unspecified atom stereocenters. The first-order valence-electron chi connectivity index (χ1n) is 15.8. The molecule has 1 aromatic carbocycles. The molecule has 2 aliphatic heterocycles. The number of thiophene rings is 1. The van der Waals surface area contributed by atoms with Crippen LogP contribution < -0.4 is 5.32 Å². The number of aliphatic hydroxyl groups is 1. The highest BCUT2D eigenvalue weighted by Gasteiger charge is 2.30. The van der Waals surface area contributed by atoms with Gasteiger partial charge in [0.2, 0.25) is 0 Å². The first-order chi connectivity index (χ1) is 22.5. The molecule has 2 atom stereocenters. The van der Waals surface area contributed by atoms with Crippen molar-refractivity contribution < 1.29 is 22.5 Å². The maximum atomic E-state index is 12.9. The first kappa shape index (κ1) is 33.8. The van der Waals surface area contributed by atoms with E-state index in [1.807, 2.05) is 14.9 Å². The number of halogens is 3. The molecule has 0 amide bonds. The van der Waals surface area contributed by atoms with Gasteiger partial charge in [0.15, 0.2) is 0 Å². The van der Waals surface area contributed by atoms with E-state index in [4.69, 9.17) is 0 Å². The van der Waals surface area contributed by atoms with Crippen LogP contribution in [-0.2, 0) is 30.5 Å². The van der Waals surface area contributed by atoms with Gasteiger partial charge < -0.3 is 15.0 Å². The number of alkyl halides is 3. The lowest BCUT2D eigenvalue weighted by Gasteiger charge is -2.37. The van der Waals surface area contributed by atoms with E-state index in [0.29, 0.717) is 54.5 Å². The predicted octanol–water partition coefficient (Wildman–Crippen LogP) is 4.28. The van der Waals surface area contributed by atoms with Crippen LogP contribution in [0.5, 0.6) is 0 Å². The minimum atomic E-state index is -4.27. The molecule has 47 heavy (non-hydrogen) atoms. The lowest BCUT2D eigenvalue weighted by atomic mass is 10.0. The van der Waals surface area contributed by atoms with Crippen molar-refractivity contribution in [3.63, 3.8) is 0 Å². The van der Waals surface area contributed by atoms with Crippen LogP contribution in [0.25, 0.3) is 21.1 Å². The van der Waals surface area contributed by atoms with Crippen molar-refractivity contribution in [2.75, 3.05) is 57.4 Å². The van der Waals surface area contributed by atoms with Gasteiger partial charge in [0.1, 0.15) is 28.7 Å². The summed E-state index contributed by atoms with van der Waals surface area (Å²) >= 11 is 1.06. The third-order valence-electron chi connectivity index (χ3n) is 9.42. The molecule has 2 fully saturated rings. The van der Waals surface area contributed by atoms with Gasteiger partial charge in [0.25, 0.3) is 0 Å². The van der Waals surface area contributed by atoms with Gasteiger partial charge in [-0.25, -0.2) is 18.5 Å². The molecule has 6 rings (SSSR count). The van der Waals surface area contributed by atoms with Gasteiger partial charge in [-0.15, -0.1) is 11.3 Å². The average Bonchev–Trinajstić information content (AvgIpc) is 3.62. The number of nitriles is 1. The van der Waals surface area contributed by atoms with Gasteiger partial charge >= 0.3 is 6.18 Å². The summed E-state index contributed by atoms with van der Waals surface area (Å²) in [5.74, 6) is 0.584. The highest BCUT2D eigenvalue weighted by atomic mass is 32.2. The Hall–Kier alpha value is -3.13. The second-order valence-electron chi connectivity index (χ2n) is 12.4. The van der Waals surface area contributed by atoms with Crippen LogP contribution in [0.1, 0.15) is 34.5 Å². The minimum absolute atomic E-state index is 0.0317. The number of hydrogen-bond donors (Lipinski definition) is 2. The van der Waals surface area contributed by atoms with Crippen LogP contribution in [0, 0.1) is 18.3 Å². The first-order valence-corrected chi connectivity index (χ1v) is 18.1. The lowest BCUT2D eigenvalue weighted by Crippen LogP contribution is -2.52. The average molecular weight is 689 g/mol. The predicted molar refractivity (Wildman–Crippen MR) is 179 cm³/mol. The monoisotopic (exact) mass is 688 g/mol. The SMILES string of the molecule is Cc1c(CN2CCC(Nc3ncnc4sc(CC(F)(F)F)cc34)CC2)ccc2c1cc(C#N)n2CC(CO)N1CCN(S(C)=O)CC1. The number of rotatable bonds is 10. The number of aliphatic hydroxyl groups excluding tert-OH is 1. The molecule has 3 aromatic heterocycles. The molecule has 2 saturated heterocycles. The van der Waals surface area contributed by atoms with Crippen LogP contribution in [0.15, 0.2) is 30.6 Å². The van der Waals surface area contributed by atoms with Gasteiger partial charge in [-0.3, -0.25) is 9.80 Å². The molecule has 0 radical (unpaired) electrons. The molecule has 15 heteroatoms. The van der Waals surface area contributed by atoms with E-state index in [2.05, 4.69) is 50.2 Å². The molecule has 0 bridgehead atoms. The Morgan fingerprint density at radius 1 is 1.13 bits per heavy atom. The quantitative estimate of drug-likeness (QED) is 0.254. The fourth-order valence-corrected chi connectivity index (χ4v) is 8.49. The van der Waals surface area contributed by atoms with E-state index in [9.17, 15) is 27.7 Å². The summed E-state index contributed by atoms with van der Waals surface area (Å²) in [5.41, 5.74) is 3.86. The van der Waals surface area contributed by atoms with Crippen molar-refractivity contribution in [3.8, 4) is 6.07 Å². The maximum absolute atomic E-state index is 12.9. The van der Waals surface area contributed by atoms with Gasteiger partial charge in [-0.1, -0.05) is 6.07 Å². The zero-order chi connectivity index (χ0) is 33.3. The summed E-state index contributed by atoms with van der Waals surface area (Å²) in [7, 11) is -1.01. The van der Waals surface area contributed by atoms with E-state index in [1.165, 1.54) is 11.9 Å². The number of fused-ring (bicyclic) bond motifs is 2. The fraction of sp³-hybridized carbons (Fsp3) is 0.531. The third kappa shape index (κ3) is 7.63. The number of hydrogen-bond acceptors (Lipinski definition) is 9. The molecule has 4 aromatic rings. The molecule has 252 valence electrons. The number of benzene rings is 1. The summed E-state index contributed by atoms with van der Waals surface area (Å²) in [6.07, 6.45) is -0.409. The number of aryl methyl sites for hydroxylation is 1. The Bertz CT molecular complexity index is 1790. The smallest absolute Gasteiger partial charge is 0.393 e. The number of aromatic nitrogens is 3. The van der Waals surface area contributed by atoms with Crippen LogP contribution in [-0.4, -0.2) is 108 Å². The normalized spacial score (nSPS) is 18.9. The van der Waals surface area contributed by atoms with Crippen molar-refractivity contribution >= 4 is 49.3 Å². The van der Waals surface area contributed by atoms with E-state index in [-0.39, 0.29) is 23.6 Å². The Kier molecular flexibility index (Phi) is 10.2. The molecular formula is C32H39F3N8O2S2. The standard InChI is InChI=1S/C32H39F3N8O2S2/c1-21-22(3-4-29-27(21)13-24(16-36)43(29)18-25(19-44)41-9-11-42(12-10-41)47(2)45)17-40-7-5-23(6-8-40)39-30-28-14-26(15-32(33,34)35)46-31(28)38-20-37-30/h3-4,13-14,20,23,25,44H,5-12,15,17-19H2,1-2H3,(H,37,38,39). The van der Waals surface area contributed by atoms with E-state index >= 15 is 0 Å². The maximum Gasteiger partial charge on any atom is 0.393 e. The number of likely N-dealkylation sites (tertiary alicyclic amines) is 1.